The van der Waals surface area contributed by atoms with Crippen molar-refractivity contribution in [2.24, 2.45) is 0 Å². The first-order valence-electron chi connectivity index (χ1n) is 6.06. The Hall–Kier alpha value is -1.10. The molecule has 0 spiro atoms. The molecule has 1 heterocycles. The van der Waals surface area contributed by atoms with Crippen LogP contribution >= 0.6 is 22.9 Å². The van der Waals surface area contributed by atoms with Gasteiger partial charge in [-0.05, 0) is 36.1 Å². The van der Waals surface area contributed by atoms with Crippen molar-refractivity contribution < 1.29 is 9.13 Å². The summed E-state index contributed by atoms with van der Waals surface area (Å²) in [6.07, 6.45) is 1.02. The van der Waals surface area contributed by atoms with Crippen LogP contribution in [0.4, 0.5) is 4.39 Å². The van der Waals surface area contributed by atoms with Gasteiger partial charge in [-0.2, -0.15) is 0 Å². The van der Waals surface area contributed by atoms with E-state index in [4.69, 9.17) is 16.3 Å². The third kappa shape index (κ3) is 4.82. The maximum atomic E-state index is 12.8. The molecule has 0 aliphatic carbocycles. The van der Waals surface area contributed by atoms with Gasteiger partial charge in [-0.3, -0.25) is 0 Å². The first-order valence-corrected chi connectivity index (χ1v) is 7.32. The lowest BCUT2D eigenvalue weighted by atomic mass is 10.3. The molecule has 0 saturated heterocycles. The van der Waals surface area contributed by atoms with E-state index in [-0.39, 0.29) is 5.82 Å². The lowest BCUT2D eigenvalue weighted by molar-refractivity contribution is 0.314. The lowest BCUT2D eigenvalue weighted by Gasteiger charge is -2.08. The van der Waals surface area contributed by atoms with Gasteiger partial charge in [0.15, 0.2) is 0 Å². The zero-order chi connectivity index (χ0) is 13.5. The van der Waals surface area contributed by atoms with Crippen LogP contribution in [-0.4, -0.2) is 19.7 Å². The normalized spacial score (nSPS) is 10.6. The first kappa shape index (κ1) is 14.3. The number of nitrogens with one attached hydrogen (secondary N) is 1. The molecular weight excluding hydrogens is 285 g/mol. The molecule has 102 valence electrons. The van der Waals surface area contributed by atoms with E-state index in [9.17, 15) is 4.39 Å². The molecule has 5 heteroatoms. The zero-order valence-electron chi connectivity index (χ0n) is 10.4. The van der Waals surface area contributed by atoms with Crippen LogP contribution in [0.25, 0.3) is 0 Å². The molecule has 0 aliphatic heterocycles. The molecule has 0 fully saturated rings. The van der Waals surface area contributed by atoms with E-state index < -0.39 is 0 Å². The summed E-state index contributed by atoms with van der Waals surface area (Å²) in [5.74, 6) is 0.162. The Morgan fingerprint density at radius 1 is 1.26 bits per heavy atom. The third-order valence-electron chi connectivity index (χ3n) is 2.56. The van der Waals surface area contributed by atoms with Gasteiger partial charge in [0.1, 0.15) is 18.2 Å². The van der Waals surface area contributed by atoms with Gasteiger partial charge in [-0.15, -0.1) is 11.3 Å². The van der Waals surface area contributed by atoms with E-state index in [1.165, 1.54) is 17.0 Å². The topological polar surface area (TPSA) is 21.3 Å². The van der Waals surface area contributed by atoms with Gasteiger partial charge in [0, 0.05) is 18.0 Å². The number of hydrogen-bond donors (Lipinski definition) is 1. The number of benzene rings is 1. The highest BCUT2D eigenvalue weighted by atomic mass is 35.5. The summed E-state index contributed by atoms with van der Waals surface area (Å²) in [6, 6.07) is 8.32. The van der Waals surface area contributed by atoms with Crippen LogP contribution in [0.1, 0.15) is 4.88 Å². The molecule has 0 amide bonds. The van der Waals surface area contributed by atoms with Crippen molar-refractivity contribution >= 4 is 22.9 Å². The molecule has 1 aromatic heterocycles. The molecule has 1 N–H and O–H groups in total. The molecule has 0 bridgehead atoms. The van der Waals surface area contributed by atoms with E-state index in [1.807, 2.05) is 0 Å². The van der Waals surface area contributed by atoms with Gasteiger partial charge in [0.25, 0.3) is 0 Å². The highest BCUT2D eigenvalue weighted by molar-refractivity contribution is 7.09. The first-order chi connectivity index (χ1) is 9.25. The fourth-order valence-corrected chi connectivity index (χ4v) is 2.55. The van der Waals surface area contributed by atoms with Gasteiger partial charge in [-0.25, -0.2) is 4.39 Å². The molecule has 2 aromatic rings. The largest absolute Gasteiger partial charge is 0.491 e. The fraction of sp³-hybridized carbons (Fsp3) is 0.286. The summed E-state index contributed by atoms with van der Waals surface area (Å²) < 4.78 is 18.3. The third-order valence-corrected chi connectivity index (χ3v) is 3.79. The molecule has 0 radical (unpaired) electrons. The number of thiophene rings is 1. The van der Waals surface area contributed by atoms with Crippen molar-refractivity contribution in [2.75, 3.05) is 19.7 Å². The van der Waals surface area contributed by atoms with Crippen LogP contribution in [0.2, 0.25) is 5.02 Å². The summed E-state index contributed by atoms with van der Waals surface area (Å²) >= 11 is 7.62. The Morgan fingerprint density at radius 2 is 2.16 bits per heavy atom. The minimum Gasteiger partial charge on any atom is -0.491 e. The number of rotatable bonds is 7. The van der Waals surface area contributed by atoms with Crippen molar-refractivity contribution in [1.82, 2.24) is 5.32 Å². The SMILES string of the molecule is Fc1ccc(OCCNCCc2cccs2)c(Cl)c1. The van der Waals surface area contributed by atoms with E-state index >= 15 is 0 Å². The molecule has 0 saturated carbocycles. The van der Waals surface area contributed by atoms with Gasteiger partial charge in [-0.1, -0.05) is 17.7 Å². The van der Waals surface area contributed by atoms with Crippen LogP contribution in [0.5, 0.6) is 5.75 Å². The van der Waals surface area contributed by atoms with Crippen molar-refractivity contribution in [2.45, 2.75) is 6.42 Å². The number of ether oxygens (including phenoxy) is 1. The van der Waals surface area contributed by atoms with Crippen LogP contribution < -0.4 is 10.1 Å². The molecular formula is C14H15ClFNOS. The van der Waals surface area contributed by atoms with E-state index in [2.05, 4.69) is 22.8 Å². The predicted octanol–water partition coefficient (Wildman–Crippen LogP) is 3.75. The Balaban J connectivity index is 1.61. The van der Waals surface area contributed by atoms with Crippen molar-refractivity contribution in [3.05, 3.63) is 51.4 Å². The minimum absolute atomic E-state index is 0.304. The Kier molecular flexibility index (Phi) is 5.63. The van der Waals surface area contributed by atoms with Crippen molar-refractivity contribution in [3.63, 3.8) is 0 Å². The highest BCUT2D eigenvalue weighted by Crippen LogP contribution is 2.24. The van der Waals surface area contributed by atoms with Crippen LogP contribution in [-0.2, 0) is 6.42 Å². The van der Waals surface area contributed by atoms with Crippen molar-refractivity contribution in [1.29, 1.82) is 0 Å². The maximum Gasteiger partial charge on any atom is 0.138 e. The van der Waals surface area contributed by atoms with Crippen LogP contribution in [0.15, 0.2) is 35.7 Å². The number of halogens is 2. The molecule has 2 rings (SSSR count). The Labute approximate surface area is 121 Å². The summed E-state index contributed by atoms with van der Waals surface area (Å²) in [5, 5.41) is 5.67. The molecule has 2 nitrogen and oxygen atoms in total. The van der Waals surface area contributed by atoms with Gasteiger partial charge in [0.05, 0.1) is 5.02 Å². The van der Waals surface area contributed by atoms with Crippen molar-refractivity contribution in [3.8, 4) is 5.75 Å². The minimum atomic E-state index is -0.355. The van der Waals surface area contributed by atoms with Crippen LogP contribution in [0, 0.1) is 5.82 Å². The molecule has 0 unspecified atom stereocenters. The molecule has 1 aromatic carbocycles. The zero-order valence-corrected chi connectivity index (χ0v) is 11.9. The monoisotopic (exact) mass is 299 g/mol. The second-order valence-electron chi connectivity index (χ2n) is 4.00. The summed E-state index contributed by atoms with van der Waals surface area (Å²) in [5.41, 5.74) is 0. The summed E-state index contributed by atoms with van der Waals surface area (Å²) in [4.78, 5) is 1.37. The average Bonchev–Trinajstić information content (AvgIpc) is 2.89. The predicted molar refractivity (Wildman–Crippen MR) is 77.8 cm³/mol. The second-order valence-corrected chi connectivity index (χ2v) is 5.44. The molecule has 0 atom stereocenters. The van der Waals surface area contributed by atoms with E-state index in [1.54, 1.807) is 17.4 Å². The quantitative estimate of drug-likeness (QED) is 0.786. The second kappa shape index (κ2) is 7.48. The summed E-state index contributed by atoms with van der Waals surface area (Å²) in [6.45, 7) is 2.16. The van der Waals surface area contributed by atoms with Gasteiger partial charge < -0.3 is 10.1 Å². The Bertz CT molecular complexity index is 504. The average molecular weight is 300 g/mol. The van der Waals surface area contributed by atoms with E-state index in [0.29, 0.717) is 17.4 Å². The standard InChI is InChI=1S/C14H15ClFNOS/c15-13-10-11(16)3-4-14(13)18-8-7-17-6-5-12-2-1-9-19-12/h1-4,9-10,17H,5-8H2. The summed E-state index contributed by atoms with van der Waals surface area (Å²) in [7, 11) is 0. The smallest absolute Gasteiger partial charge is 0.138 e. The lowest BCUT2D eigenvalue weighted by Crippen LogP contribution is -2.23. The maximum absolute atomic E-state index is 12.8. The van der Waals surface area contributed by atoms with Crippen LogP contribution in [0.3, 0.4) is 0 Å². The molecule has 0 aliphatic rings. The highest BCUT2D eigenvalue weighted by Gasteiger charge is 2.02. The number of hydrogen-bond acceptors (Lipinski definition) is 3. The fourth-order valence-electron chi connectivity index (χ4n) is 1.62. The van der Waals surface area contributed by atoms with Gasteiger partial charge in [0.2, 0.25) is 0 Å². The molecule has 19 heavy (non-hydrogen) atoms. The Morgan fingerprint density at radius 3 is 2.89 bits per heavy atom. The van der Waals surface area contributed by atoms with E-state index in [0.717, 1.165) is 19.5 Å². The van der Waals surface area contributed by atoms with Gasteiger partial charge >= 0.3 is 0 Å².